The fourth-order valence-electron chi connectivity index (χ4n) is 1.60. The second kappa shape index (κ2) is 6.31. The topological polar surface area (TPSA) is 36.9 Å². The van der Waals surface area contributed by atoms with Crippen LogP contribution in [0.2, 0.25) is 26.2 Å². The summed E-state index contributed by atoms with van der Waals surface area (Å²) in [6.45, 7) is 9.84. The molecule has 12 heteroatoms. The van der Waals surface area contributed by atoms with E-state index < -0.39 is 44.2 Å². The molecule has 114 valence electrons. The molecule has 0 bridgehead atoms. The summed E-state index contributed by atoms with van der Waals surface area (Å²) >= 11 is 18.0. The van der Waals surface area contributed by atoms with Gasteiger partial charge in [0.25, 0.3) is 10.0 Å². The number of hydrogen-bond acceptors (Lipinski definition) is 8. The third kappa shape index (κ3) is 5.35. The largest absolute Gasteiger partial charge is 0.421 e. The van der Waals surface area contributed by atoms with E-state index in [9.17, 15) is 0 Å². The highest BCUT2D eigenvalue weighted by molar-refractivity contribution is 8.09. The van der Waals surface area contributed by atoms with Crippen molar-refractivity contribution in [3.05, 3.63) is 0 Å². The van der Waals surface area contributed by atoms with Crippen LogP contribution in [0.15, 0.2) is 0 Å². The Balaban J connectivity index is 2.94. The van der Waals surface area contributed by atoms with Crippen molar-refractivity contribution in [2.24, 2.45) is 0 Å². The van der Waals surface area contributed by atoms with Crippen molar-refractivity contribution in [1.82, 2.24) is 0 Å². The Morgan fingerprint density at radius 3 is 2.00 bits per heavy atom. The maximum Gasteiger partial charge on any atom is 0.332 e. The molecule has 1 aliphatic heterocycles. The highest BCUT2D eigenvalue weighted by atomic mass is 32.2. The van der Waals surface area contributed by atoms with E-state index in [1.54, 1.807) is 0 Å². The van der Waals surface area contributed by atoms with Gasteiger partial charge in [0.15, 0.2) is 0 Å². The first-order chi connectivity index (χ1) is 8.27. The van der Waals surface area contributed by atoms with E-state index in [-0.39, 0.29) is 0 Å². The second-order valence-electron chi connectivity index (χ2n) is 5.53. The van der Waals surface area contributed by atoms with Gasteiger partial charge in [-0.15, -0.1) is 0 Å². The van der Waals surface area contributed by atoms with Gasteiger partial charge >= 0.3 is 26.4 Å². The molecule has 1 aliphatic rings. The van der Waals surface area contributed by atoms with Crippen molar-refractivity contribution in [2.75, 3.05) is 0 Å². The van der Waals surface area contributed by atoms with Crippen molar-refractivity contribution < 1.29 is 16.5 Å². The molecule has 1 unspecified atom stereocenters. The Hall–Kier alpha value is 2.11. The second-order valence-corrected chi connectivity index (χ2v) is 22.0. The fraction of sp³-hybridized carbons (Fsp3) is 1.00. The Bertz CT molecular complexity index is 336. The molecule has 0 saturated carbocycles. The molecular formula is C7H22O4S4Si4. The van der Waals surface area contributed by atoms with Crippen LogP contribution in [0.1, 0.15) is 6.92 Å². The predicted octanol–water partition coefficient (Wildman–Crippen LogP) is 1.36. The summed E-state index contributed by atoms with van der Waals surface area (Å²) in [4.78, 5) is 0. The molecule has 1 fully saturated rings. The first kappa shape index (κ1) is 19.2. The van der Waals surface area contributed by atoms with Crippen molar-refractivity contribution in [1.29, 1.82) is 0 Å². The van der Waals surface area contributed by atoms with Gasteiger partial charge in [0.05, 0.1) is 4.08 Å². The summed E-state index contributed by atoms with van der Waals surface area (Å²) in [6, 6.07) is 0. The lowest BCUT2D eigenvalue weighted by molar-refractivity contribution is 0.269. The molecule has 1 rings (SSSR count). The minimum atomic E-state index is -2.33. The van der Waals surface area contributed by atoms with Gasteiger partial charge in [0, 0.05) is 0 Å². The zero-order valence-electron chi connectivity index (χ0n) is 11.7. The van der Waals surface area contributed by atoms with E-state index in [1.807, 2.05) is 33.1 Å². The third-order valence-corrected chi connectivity index (χ3v) is 19.9. The standard InChI is InChI=1S/C7H22O4S4Si4/c1-6(12,13)7(14,15)17-8-16-9-18(2,3)11-19(4,5)10-17/h12-15,17H,16H2,1-5H3. The van der Waals surface area contributed by atoms with Crippen molar-refractivity contribution >= 4 is 86.9 Å². The smallest absolute Gasteiger partial charge is 0.332 e. The van der Waals surface area contributed by atoms with E-state index >= 15 is 0 Å². The Labute approximate surface area is 143 Å². The molecule has 1 saturated heterocycles. The van der Waals surface area contributed by atoms with Crippen LogP contribution in [0, 0.1) is 0 Å². The van der Waals surface area contributed by atoms with Crippen LogP contribution in [0.25, 0.3) is 0 Å². The van der Waals surface area contributed by atoms with Gasteiger partial charge in [-0.3, -0.25) is 0 Å². The molecule has 0 radical (unpaired) electrons. The monoisotopic (exact) mass is 410 g/mol. The van der Waals surface area contributed by atoms with Crippen LogP contribution >= 0.6 is 50.5 Å². The number of rotatable bonds is 2. The van der Waals surface area contributed by atoms with Crippen LogP contribution in [0.4, 0.5) is 0 Å². The summed E-state index contributed by atoms with van der Waals surface area (Å²) in [5.74, 6) is 0. The van der Waals surface area contributed by atoms with E-state index in [0.717, 1.165) is 0 Å². The minimum absolute atomic E-state index is 0.735. The average Bonchev–Trinajstić information content (AvgIpc) is 2.09. The van der Waals surface area contributed by atoms with Gasteiger partial charge in [-0.1, -0.05) is 0 Å². The highest BCUT2D eigenvalue weighted by Gasteiger charge is 2.52. The van der Waals surface area contributed by atoms with Crippen molar-refractivity contribution in [3.63, 3.8) is 0 Å². The maximum absolute atomic E-state index is 6.18. The normalized spacial score (nSPS) is 29.8. The van der Waals surface area contributed by atoms with Crippen molar-refractivity contribution in [2.45, 2.75) is 40.9 Å². The van der Waals surface area contributed by atoms with E-state index in [2.05, 4.69) is 50.5 Å². The molecule has 1 heterocycles. The fourth-order valence-corrected chi connectivity index (χ4v) is 18.1. The SMILES string of the molecule is CC(S)(S)C(S)(S)[SiH]1O[SiH2]O[Si](C)(C)O[Si](C)(C)O1. The van der Waals surface area contributed by atoms with Crippen LogP contribution in [-0.2, 0) is 16.5 Å². The van der Waals surface area contributed by atoms with Gasteiger partial charge in [0.1, 0.15) is 3.70 Å². The number of thiol groups is 4. The van der Waals surface area contributed by atoms with Crippen LogP contribution < -0.4 is 0 Å². The number of hydrogen-bond donors (Lipinski definition) is 4. The third-order valence-electron chi connectivity index (χ3n) is 2.53. The molecule has 0 N–H and O–H groups in total. The van der Waals surface area contributed by atoms with E-state index in [1.165, 1.54) is 0 Å². The molecule has 0 amide bonds. The molecule has 1 atom stereocenters. The summed E-state index contributed by atoms with van der Waals surface area (Å²) in [7, 11) is -7.87. The molecule has 0 aliphatic carbocycles. The maximum atomic E-state index is 6.18. The Morgan fingerprint density at radius 1 is 1.00 bits per heavy atom. The van der Waals surface area contributed by atoms with Crippen LogP contribution in [0.3, 0.4) is 0 Å². The summed E-state index contributed by atoms with van der Waals surface area (Å²) in [5.41, 5.74) is 0. The van der Waals surface area contributed by atoms with Crippen molar-refractivity contribution in [3.8, 4) is 0 Å². The van der Waals surface area contributed by atoms with E-state index in [4.69, 9.17) is 16.5 Å². The van der Waals surface area contributed by atoms with Crippen LogP contribution in [-0.4, -0.2) is 44.2 Å². The molecule has 0 aromatic heterocycles. The van der Waals surface area contributed by atoms with Gasteiger partial charge < -0.3 is 16.5 Å². The van der Waals surface area contributed by atoms with Gasteiger partial charge in [-0.25, -0.2) is 0 Å². The van der Waals surface area contributed by atoms with E-state index in [0.29, 0.717) is 0 Å². The first-order valence-electron chi connectivity index (χ1n) is 5.80. The lowest BCUT2D eigenvalue weighted by atomic mass is 10.5. The summed E-state index contributed by atoms with van der Waals surface area (Å²) < 4.78 is 22.5. The zero-order valence-corrected chi connectivity index (χ0v) is 19.9. The predicted molar refractivity (Wildman–Crippen MR) is 102 cm³/mol. The van der Waals surface area contributed by atoms with Gasteiger partial charge in [0.2, 0.25) is 0 Å². The van der Waals surface area contributed by atoms with Gasteiger partial charge in [-0.05, 0) is 33.1 Å². The molecule has 0 aromatic rings. The molecule has 0 spiro atoms. The molecule has 19 heavy (non-hydrogen) atoms. The van der Waals surface area contributed by atoms with Gasteiger partial charge in [-0.2, -0.15) is 50.5 Å². The quantitative estimate of drug-likeness (QED) is 0.315. The molecule has 4 nitrogen and oxygen atoms in total. The summed E-state index contributed by atoms with van der Waals surface area (Å²) in [6.07, 6.45) is 0. The Morgan fingerprint density at radius 2 is 1.53 bits per heavy atom. The minimum Gasteiger partial charge on any atom is -0.421 e. The Kier molecular flexibility index (Phi) is 6.36. The first-order valence-corrected chi connectivity index (χ1v) is 15.9. The molecular weight excluding hydrogens is 389 g/mol. The zero-order chi connectivity index (χ0) is 15.1. The highest BCUT2D eigenvalue weighted by Crippen LogP contribution is 2.44. The molecule has 0 aromatic carbocycles. The lowest BCUT2D eigenvalue weighted by Gasteiger charge is -2.45. The summed E-state index contributed by atoms with van der Waals surface area (Å²) in [5, 5.41) is 0. The average molecular weight is 411 g/mol. The van der Waals surface area contributed by atoms with Crippen LogP contribution in [0.5, 0.6) is 0 Å². The lowest BCUT2D eigenvalue weighted by Crippen LogP contribution is -2.61.